The van der Waals surface area contributed by atoms with Crippen molar-refractivity contribution in [1.29, 1.82) is 0 Å². The number of thiophene rings is 1. The Bertz CT molecular complexity index is 964. The van der Waals surface area contributed by atoms with Crippen molar-refractivity contribution in [2.45, 2.75) is 32.6 Å². The highest BCUT2D eigenvalue weighted by molar-refractivity contribution is 7.10. The molecule has 0 atom stereocenters. The number of nitrogens with one attached hydrogen (secondary N) is 1. The van der Waals surface area contributed by atoms with Gasteiger partial charge in [-0.05, 0) is 44.2 Å². The number of rotatable bonds is 5. The molecule has 1 aromatic carbocycles. The van der Waals surface area contributed by atoms with Crippen molar-refractivity contribution in [2.24, 2.45) is 0 Å². The normalized spacial score (nSPS) is 14.3. The average Bonchev–Trinajstić information content (AvgIpc) is 3.31. The SMILES string of the molecule is CC(=O)c1cc2c(cc1NC(=O)COC(=O)c1csc3c1CCCC3)OCO2. The fraction of sp³-hybridized carbons (Fsp3) is 0.350. The number of carbonyl (C=O) groups is 3. The first kappa shape index (κ1) is 18.5. The molecule has 2 aliphatic rings. The van der Waals surface area contributed by atoms with Crippen LogP contribution < -0.4 is 14.8 Å². The lowest BCUT2D eigenvalue weighted by Gasteiger charge is -2.13. The number of hydrogen-bond donors (Lipinski definition) is 1. The summed E-state index contributed by atoms with van der Waals surface area (Å²) in [5.41, 5.74) is 2.21. The third-order valence-electron chi connectivity index (χ3n) is 4.78. The molecule has 1 aliphatic heterocycles. The maximum absolute atomic E-state index is 12.4. The number of anilines is 1. The van der Waals surface area contributed by atoms with E-state index in [0.717, 1.165) is 31.2 Å². The topological polar surface area (TPSA) is 90.9 Å². The molecule has 7 nitrogen and oxygen atoms in total. The fourth-order valence-corrected chi connectivity index (χ4v) is 4.51. The molecule has 0 spiro atoms. The molecule has 1 N–H and O–H groups in total. The van der Waals surface area contributed by atoms with Gasteiger partial charge in [-0.25, -0.2) is 4.79 Å². The Labute approximate surface area is 165 Å². The molecule has 4 rings (SSSR count). The Balaban J connectivity index is 1.42. The van der Waals surface area contributed by atoms with Gasteiger partial charge in [0.2, 0.25) is 6.79 Å². The standard InChI is InChI=1S/C20H19NO6S/c1-11(22)13-6-16-17(27-10-26-16)7-15(13)21-19(23)8-25-20(24)14-9-28-18-5-3-2-4-12(14)18/h6-7,9H,2-5,8,10H2,1H3,(H,21,23). The number of ether oxygens (including phenoxy) is 3. The van der Waals surface area contributed by atoms with Crippen molar-refractivity contribution in [3.05, 3.63) is 39.1 Å². The van der Waals surface area contributed by atoms with E-state index in [1.54, 1.807) is 11.3 Å². The number of hydrogen-bond acceptors (Lipinski definition) is 7. The minimum absolute atomic E-state index is 0.0622. The first-order valence-electron chi connectivity index (χ1n) is 9.03. The molecule has 0 fully saturated rings. The van der Waals surface area contributed by atoms with E-state index in [1.165, 1.54) is 23.9 Å². The highest BCUT2D eigenvalue weighted by atomic mass is 32.1. The second kappa shape index (κ2) is 7.63. The molecule has 0 radical (unpaired) electrons. The van der Waals surface area contributed by atoms with Gasteiger partial charge in [0.25, 0.3) is 5.91 Å². The quantitative estimate of drug-likeness (QED) is 0.610. The van der Waals surface area contributed by atoms with E-state index in [4.69, 9.17) is 14.2 Å². The second-order valence-electron chi connectivity index (χ2n) is 6.69. The highest BCUT2D eigenvalue weighted by Crippen LogP contribution is 2.37. The minimum Gasteiger partial charge on any atom is -0.454 e. The summed E-state index contributed by atoms with van der Waals surface area (Å²) < 4.78 is 15.7. The number of aryl methyl sites for hydroxylation is 1. The number of esters is 1. The Kier molecular flexibility index (Phi) is 5.04. The van der Waals surface area contributed by atoms with Gasteiger partial charge >= 0.3 is 5.97 Å². The Morgan fingerprint density at radius 3 is 2.64 bits per heavy atom. The lowest BCUT2D eigenvalue weighted by molar-refractivity contribution is -0.119. The van der Waals surface area contributed by atoms with E-state index < -0.39 is 18.5 Å². The van der Waals surface area contributed by atoms with Crippen molar-refractivity contribution in [3.8, 4) is 11.5 Å². The maximum Gasteiger partial charge on any atom is 0.339 e. The molecule has 1 aliphatic carbocycles. The maximum atomic E-state index is 12.4. The summed E-state index contributed by atoms with van der Waals surface area (Å²) >= 11 is 1.57. The van der Waals surface area contributed by atoms with Crippen LogP contribution in [0.2, 0.25) is 0 Å². The van der Waals surface area contributed by atoms with Crippen LogP contribution in [0.15, 0.2) is 17.5 Å². The summed E-state index contributed by atoms with van der Waals surface area (Å²) in [7, 11) is 0. The third-order valence-corrected chi connectivity index (χ3v) is 5.87. The highest BCUT2D eigenvalue weighted by Gasteiger charge is 2.23. The molecule has 0 unspecified atom stereocenters. The van der Waals surface area contributed by atoms with Gasteiger partial charge in [-0.2, -0.15) is 0 Å². The predicted molar refractivity (Wildman–Crippen MR) is 102 cm³/mol. The van der Waals surface area contributed by atoms with E-state index in [0.29, 0.717) is 28.3 Å². The molecule has 2 aromatic rings. The third kappa shape index (κ3) is 3.60. The van der Waals surface area contributed by atoms with Crippen LogP contribution in [-0.4, -0.2) is 31.1 Å². The fourth-order valence-electron chi connectivity index (χ4n) is 3.40. The van der Waals surface area contributed by atoms with E-state index in [-0.39, 0.29) is 12.6 Å². The van der Waals surface area contributed by atoms with E-state index in [1.807, 2.05) is 5.38 Å². The molecular weight excluding hydrogens is 382 g/mol. The number of Topliss-reactive ketones (excluding diaryl/α,β-unsaturated/α-hetero) is 1. The average molecular weight is 401 g/mol. The van der Waals surface area contributed by atoms with Gasteiger partial charge in [-0.15, -0.1) is 11.3 Å². The molecule has 0 saturated carbocycles. The van der Waals surface area contributed by atoms with Gasteiger partial charge < -0.3 is 19.5 Å². The zero-order valence-electron chi connectivity index (χ0n) is 15.3. The number of carbonyl (C=O) groups excluding carboxylic acids is 3. The van der Waals surface area contributed by atoms with Gasteiger partial charge in [0, 0.05) is 21.9 Å². The Morgan fingerprint density at radius 2 is 1.86 bits per heavy atom. The molecule has 1 amide bonds. The molecule has 8 heteroatoms. The molecule has 28 heavy (non-hydrogen) atoms. The number of benzene rings is 1. The first-order chi connectivity index (χ1) is 13.5. The summed E-state index contributed by atoms with van der Waals surface area (Å²) in [6.45, 7) is 1.02. The van der Waals surface area contributed by atoms with Crippen molar-refractivity contribution >= 4 is 34.7 Å². The lowest BCUT2D eigenvalue weighted by atomic mass is 9.96. The Morgan fingerprint density at radius 1 is 1.11 bits per heavy atom. The largest absolute Gasteiger partial charge is 0.454 e. The summed E-state index contributed by atoms with van der Waals surface area (Å²) in [4.78, 5) is 37.8. The van der Waals surface area contributed by atoms with Crippen LogP contribution in [0, 0.1) is 0 Å². The van der Waals surface area contributed by atoms with Crippen molar-refractivity contribution < 1.29 is 28.6 Å². The lowest BCUT2D eigenvalue weighted by Crippen LogP contribution is -2.22. The predicted octanol–water partition coefficient (Wildman–Crippen LogP) is 3.35. The minimum atomic E-state index is -0.529. The summed E-state index contributed by atoms with van der Waals surface area (Å²) in [5.74, 6) is -0.347. The van der Waals surface area contributed by atoms with Gasteiger partial charge in [-0.1, -0.05) is 0 Å². The summed E-state index contributed by atoms with van der Waals surface area (Å²) in [5, 5.41) is 4.42. The zero-order chi connectivity index (χ0) is 19.7. The monoisotopic (exact) mass is 401 g/mol. The van der Waals surface area contributed by atoms with Crippen molar-refractivity contribution in [1.82, 2.24) is 0 Å². The van der Waals surface area contributed by atoms with E-state index >= 15 is 0 Å². The van der Waals surface area contributed by atoms with Crippen molar-refractivity contribution in [3.63, 3.8) is 0 Å². The van der Waals surface area contributed by atoms with Crippen LogP contribution in [-0.2, 0) is 22.4 Å². The smallest absolute Gasteiger partial charge is 0.339 e. The zero-order valence-corrected chi connectivity index (χ0v) is 16.1. The van der Waals surface area contributed by atoms with Gasteiger partial charge in [0.05, 0.1) is 11.3 Å². The molecular formula is C20H19NO6S. The molecule has 2 heterocycles. The van der Waals surface area contributed by atoms with Gasteiger partial charge in [0.15, 0.2) is 23.9 Å². The molecule has 0 bridgehead atoms. The van der Waals surface area contributed by atoms with Crippen LogP contribution >= 0.6 is 11.3 Å². The Hall–Kier alpha value is -2.87. The second-order valence-corrected chi connectivity index (χ2v) is 7.65. The molecule has 0 saturated heterocycles. The van der Waals surface area contributed by atoms with Gasteiger partial charge in [-0.3, -0.25) is 9.59 Å². The van der Waals surface area contributed by atoms with Crippen LogP contribution in [0.4, 0.5) is 5.69 Å². The first-order valence-corrected chi connectivity index (χ1v) is 9.91. The number of ketones is 1. The summed E-state index contributed by atoms with van der Waals surface area (Å²) in [6.07, 6.45) is 4.06. The number of fused-ring (bicyclic) bond motifs is 2. The van der Waals surface area contributed by atoms with E-state index in [9.17, 15) is 14.4 Å². The van der Waals surface area contributed by atoms with Crippen molar-refractivity contribution in [2.75, 3.05) is 18.7 Å². The van der Waals surface area contributed by atoms with Gasteiger partial charge in [0.1, 0.15) is 0 Å². The van der Waals surface area contributed by atoms with Crippen LogP contribution in [0.3, 0.4) is 0 Å². The summed E-state index contributed by atoms with van der Waals surface area (Å²) in [6, 6.07) is 3.07. The molecule has 1 aromatic heterocycles. The number of amides is 1. The molecule has 146 valence electrons. The van der Waals surface area contributed by atoms with E-state index in [2.05, 4.69) is 5.32 Å². The van der Waals surface area contributed by atoms with Crippen LogP contribution in [0.25, 0.3) is 0 Å². The van der Waals surface area contributed by atoms with Crippen LogP contribution in [0.1, 0.15) is 50.9 Å². The van der Waals surface area contributed by atoms with Crippen LogP contribution in [0.5, 0.6) is 11.5 Å².